The summed E-state index contributed by atoms with van der Waals surface area (Å²) in [5.41, 5.74) is 1.85. The molecule has 2 rings (SSSR count). The normalized spacial score (nSPS) is 10.5. The van der Waals surface area contributed by atoms with Crippen molar-refractivity contribution < 1.29 is 4.79 Å². The van der Waals surface area contributed by atoms with E-state index in [2.05, 4.69) is 0 Å². The van der Waals surface area contributed by atoms with Crippen molar-refractivity contribution in [3.8, 4) is 0 Å². The molecular weight excluding hydrogens is 255 g/mol. The molecule has 0 aliphatic heterocycles. The number of aldehydes is 1. The predicted molar refractivity (Wildman–Crippen MR) is 70.8 cm³/mol. The van der Waals surface area contributed by atoms with E-state index in [0.29, 0.717) is 10.0 Å². The van der Waals surface area contributed by atoms with Crippen LogP contribution in [0.1, 0.15) is 17.0 Å². The van der Waals surface area contributed by atoms with Crippen LogP contribution in [-0.2, 0) is 4.79 Å². The van der Waals surface area contributed by atoms with Crippen molar-refractivity contribution in [2.75, 3.05) is 0 Å². The Bertz CT molecular complexity index is 457. The zero-order valence-electron chi connectivity index (χ0n) is 8.94. The van der Waals surface area contributed by atoms with E-state index < -0.39 is 0 Å². The standard InChI is InChI=1S/C14H10Cl2O/c15-12-5-1-10(2-6-12)14(9-17)11-3-7-13(16)8-4-11/h1-9,14H. The lowest BCUT2D eigenvalue weighted by Gasteiger charge is -2.11. The fourth-order valence-corrected chi connectivity index (χ4v) is 1.94. The molecule has 0 aliphatic rings. The van der Waals surface area contributed by atoms with Crippen LogP contribution in [0.2, 0.25) is 10.0 Å². The molecule has 0 radical (unpaired) electrons. The molecule has 86 valence electrons. The second-order valence-corrected chi connectivity index (χ2v) is 4.59. The van der Waals surface area contributed by atoms with Crippen molar-refractivity contribution in [2.45, 2.75) is 5.92 Å². The van der Waals surface area contributed by atoms with Gasteiger partial charge in [-0.2, -0.15) is 0 Å². The van der Waals surface area contributed by atoms with Gasteiger partial charge in [-0.15, -0.1) is 0 Å². The maximum Gasteiger partial charge on any atom is 0.131 e. The molecular formula is C14H10Cl2O. The van der Waals surface area contributed by atoms with Gasteiger partial charge < -0.3 is 4.79 Å². The van der Waals surface area contributed by atoms with Gasteiger partial charge >= 0.3 is 0 Å². The number of hydrogen-bond donors (Lipinski definition) is 0. The van der Waals surface area contributed by atoms with Crippen LogP contribution in [0.5, 0.6) is 0 Å². The van der Waals surface area contributed by atoms with Crippen LogP contribution in [0.4, 0.5) is 0 Å². The number of carbonyl (C=O) groups excluding carboxylic acids is 1. The van der Waals surface area contributed by atoms with E-state index in [9.17, 15) is 4.79 Å². The van der Waals surface area contributed by atoms with E-state index in [0.717, 1.165) is 17.4 Å². The largest absolute Gasteiger partial charge is 0.302 e. The van der Waals surface area contributed by atoms with Gasteiger partial charge in [-0.25, -0.2) is 0 Å². The second kappa shape index (κ2) is 5.35. The van der Waals surface area contributed by atoms with Crippen LogP contribution in [0.15, 0.2) is 48.5 Å². The third-order valence-corrected chi connectivity index (χ3v) is 3.10. The summed E-state index contributed by atoms with van der Waals surface area (Å²) in [6.07, 6.45) is 0.923. The third kappa shape index (κ3) is 2.87. The highest BCUT2D eigenvalue weighted by Gasteiger charge is 2.12. The van der Waals surface area contributed by atoms with Crippen molar-refractivity contribution in [1.82, 2.24) is 0 Å². The van der Waals surface area contributed by atoms with Gasteiger partial charge in [-0.3, -0.25) is 0 Å². The molecule has 0 N–H and O–H groups in total. The van der Waals surface area contributed by atoms with Gasteiger partial charge in [-0.1, -0.05) is 47.5 Å². The van der Waals surface area contributed by atoms with Gasteiger partial charge in [0.05, 0.1) is 5.92 Å². The number of halogens is 2. The first kappa shape index (κ1) is 12.2. The average molecular weight is 265 g/mol. The van der Waals surface area contributed by atoms with Crippen LogP contribution in [-0.4, -0.2) is 6.29 Å². The van der Waals surface area contributed by atoms with Gasteiger partial charge in [-0.05, 0) is 35.4 Å². The van der Waals surface area contributed by atoms with Crippen LogP contribution < -0.4 is 0 Å². The Kier molecular flexibility index (Phi) is 3.82. The highest BCUT2D eigenvalue weighted by atomic mass is 35.5. The molecule has 2 aromatic rings. The first-order chi connectivity index (χ1) is 8.20. The van der Waals surface area contributed by atoms with Crippen LogP contribution in [0.25, 0.3) is 0 Å². The third-order valence-electron chi connectivity index (χ3n) is 2.59. The van der Waals surface area contributed by atoms with E-state index in [1.807, 2.05) is 24.3 Å². The maximum absolute atomic E-state index is 11.2. The molecule has 0 amide bonds. The lowest BCUT2D eigenvalue weighted by Crippen LogP contribution is -2.01. The molecule has 0 aromatic heterocycles. The zero-order chi connectivity index (χ0) is 12.3. The molecule has 2 aromatic carbocycles. The Balaban J connectivity index is 2.36. The summed E-state index contributed by atoms with van der Waals surface area (Å²) >= 11 is 11.6. The van der Waals surface area contributed by atoms with Gasteiger partial charge in [0, 0.05) is 10.0 Å². The van der Waals surface area contributed by atoms with Crippen molar-refractivity contribution in [3.63, 3.8) is 0 Å². The summed E-state index contributed by atoms with van der Waals surface area (Å²) in [6.45, 7) is 0. The lowest BCUT2D eigenvalue weighted by atomic mass is 9.93. The van der Waals surface area contributed by atoms with E-state index in [1.54, 1.807) is 24.3 Å². The first-order valence-electron chi connectivity index (χ1n) is 5.17. The Morgan fingerprint density at radius 1 is 0.765 bits per heavy atom. The summed E-state index contributed by atoms with van der Waals surface area (Å²) in [6, 6.07) is 14.6. The molecule has 0 bridgehead atoms. The molecule has 0 saturated heterocycles. The summed E-state index contributed by atoms with van der Waals surface area (Å²) in [4.78, 5) is 11.2. The monoisotopic (exact) mass is 264 g/mol. The van der Waals surface area contributed by atoms with Gasteiger partial charge in [0.25, 0.3) is 0 Å². The fourth-order valence-electron chi connectivity index (χ4n) is 1.69. The van der Waals surface area contributed by atoms with Crippen molar-refractivity contribution in [1.29, 1.82) is 0 Å². The average Bonchev–Trinajstić information content (AvgIpc) is 2.35. The minimum Gasteiger partial charge on any atom is -0.302 e. The van der Waals surface area contributed by atoms with Crippen LogP contribution >= 0.6 is 23.2 Å². The van der Waals surface area contributed by atoms with Crippen LogP contribution in [0, 0.1) is 0 Å². The number of carbonyl (C=O) groups is 1. The predicted octanol–water partition coefficient (Wildman–Crippen LogP) is 4.32. The Hall–Kier alpha value is -1.31. The molecule has 0 heterocycles. The van der Waals surface area contributed by atoms with Gasteiger partial charge in [0.15, 0.2) is 0 Å². The van der Waals surface area contributed by atoms with Crippen molar-refractivity contribution in [2.24, 2.45) is 0 Å². The second-order valence-electron chi connectivity index (χ2n) is 3.72. The Labute approximate surface area is 110 Å². The highest BCUT2D eigenvalue weighted by molar-refractivity contribution is 6.30. The summed E-state index contributed by atoms with van der Waals surface area (Å²) in [7, 11) is 0. The molecule has 0 saturated carbocycles. The summed E-state index contributed by atoms with van der Waals surface area (Å²) in [5, 5.41) is 1.32. The minimum atomic E-state index is -0.274. The summed E-state index contributed by atoms with van der Waals surface area (Å²) in [5.74, 6) is -0.274. The van der Waals surface area contributed by atoms with Crippen molar-refractivity contribution in [3.05, 3.63) is 69.7 Å². The molecule has 0 spiro atoms. The molecule has 3 heteroatoms. The molecule has 0 fully saturated rings. The summed E-state index contributed by atoms with van der Waals surface area (Å²) < 4.78 is 0. The first-order valence-corrected chi connectivity index (χ1v) is 5.92. The smallest absolute Gasteiger partial charge is 0.131 e. The van der Waals surface area contributed by atoms with Crippen LogP contribution in [0.3, 0.4) is 0 Å². The maximum atomic E-state index is 11.2. The number of benzene rings is 2. The van der Waals surface area contributed by atoms with E-state index in [-0.39, 0.29) is 5.92 Å². The SMILES string of the molecule is O=CC(c1ccc(Cl)cc1)c1ccc(Cl)cc1. The van der Waals surface area contributed by atoms with Gasteiger partial charge in [0.2, 0.25) is 0 Å². The molecule has 1 nitrogen and oxygen atoms in total. The van der Waals surface area contributed by atoms with Crippen molar-refractivity contribution >= 4 is 29.5 Å². The van der Waals surface area contributed by atoms with E-state index in [4.69, 9.17) is 23.2 Å². The Morgan fingerprint density at radius 3 is 1.41 bits per heavy atom. The number of rotatable bonds is 3. The van der Waals surface area contributed by atoms with E-state index in [1.165, 1.54) is 0 Å². The Morgan fingerprint density at radius 2 is 1.12 bits per heavy atom. The quantitative estimate of drug-likeness (QED) is 0.755. The minimum absolute atomic E-state index is 0.274. The lowest BCUT2D eigenvalue weighted by molar-refractivity contribution is -0.108. The molecule has 0 atom stereocenters. The van der Waals surface area contributed by atoms with Gasteiger partial charge in [0.1, 0.15) is 6.29 Å². The zero-order valence-corrected chi connectivity index (χ0v) is 10.4. The highest BCUT2D eigenvalue weighted by Crippen LogP contribution is 2.25. The number of hydrogen-bond acceptors (Lipinski definition) is 1. The molecule has 0 unspecified atom stereocenters. The topological polar surface area (TPSA) is 17.1 Å². The molecule has 0 aliphatic carbocycles. The fraction of sp³-hybridized carbons (Fsp3) is 0.0714. The molecule has 17 heavy (non-hydrogen) atoms. The van der Waals surface area contributed by atoms with E-state index >= 15 is 0 Å².